The second-order valence-corrected chi connectivity index (χ2v) is 8.85. The molecule has 0 atom stereocenters. The van der Waals surface area contributed by atoms with Crippen molar-refractivity contribution in [1.29, 1.82) is 0 Å². The maximum Gasteiger partial charge on any atom is 1.00 e. The van der Waals surface area contributed by atoms with Crippen LogP contribution in [0, 0.1) is 12.0 Å². The van der Waals surface area contributed by atoms with E-state index in [0.29, 0.717) is 5.92 Å². The molecule has 0 bridgehead atoms. The third kappa shape index (κ3) is 11.4. The van der Waals surface area contributed by atoms with E-state index in [1.807, 2.05) is 0 Å². The molecule has 0 rings (SSSR count). The van der Waals surface area contributed by atoms with E-state index in [9.17, 15) is 0 Å². The summed E-state index contributed by atoms with van der Waals surface area (Å²) < 4.78 is 0. The zero-order chi connectivity index (χ0) is 7.49. The second-order valence-electron chi connectivity index (χ2n) is 3.83. The fourth-order valence-electron chi connectivity index (χ4n) is 0.417. The largest absolute Gasteiger partial charge is 1.00 e. The van der Waals surface area contributed by atoms with Gasteiger partial charge in [-0.15, -0.1) is 0 Å². The molecule has 0 spiro atoms. The van der Waals surface area contributed by atoms with Gasteiger partial charge in [0.25, 0.3) is 0 Å². The Balaban J connectivity index is 0. The van der Waals surface area contributed by atoms with Crippen LogP contribution in [0.2, 0.25) is 19.6 Å². The predicted octanol–water partition coefficient (Wildman–Crippen LogP) is -0.117. The molecule has 0 nitrogen and oxygen atoms in total. The van der Waals surface area contributed by atoms with Crippen molar-refractivity contribution in [2.75, 3.05) is 0 Å². The summed E-state index contributed by atoms with van der Waals surface area (Å²) in [6, 6.07) is 0. The number of allylic oxidation sites excluding steroid dienone is 1. The Morgan fingerprint density at radius 2 is 1.60 bits per heavy atom. The van der Waals surface area contributed by atoms with Crippen molar-refractivity contribution in [2.24, 2.45) is 5.92 Å². The van der Waals surface area contributed by atoms with Crippen LogP contribution in [0.5, 0.6) is 0 Å². The molecule has 0 amide bonds. The summed E-state index contributed by atoms with van der Waals surface area (Å²) in [6.45, 7) is 11.3. The van der Waals surface area contributed by atoms with E-state index in [1.54, 1.807) is 0 Å². The van der Waals surface area contributed by atoms with Gasteiger partial charge in [0.05, 0.1) is 0 Å². The van der Waals surface area contributed by atoms with E-state index in [1.165, 1.54) is 0 Å². The molecule has 54 valence electrons. The van der Waals surface area contributed by atoms with Gasteiger partial charge in [-0.1, -0.05) is 33.5 Å². The van der Waals surface area contributed by atoms with Crippen molar-refractivity contribution in [3.63, 3.8) is 0 Å². The van der Waals surface area contributed by atoms with E-state index >= 15 is 0 Å². The van der Waals surface area contributed by atoms with Crippen molar-refractivity contribution in [1.82, 2.24) is 0 Å². The summed E-state index contributed by atoms with van der Waals surface area (Å²) in [5.41, 5.74) is 2.28. The number of hydrogen-bond acceptors (Lipinski definition) is 0. The fraction of sp³-hybridized carbons (Fsp3) is 0.750. The minimum atomic E-state index is -0.956. The molecule has 0 aliphatic heterocycles. The maximum atomic E-state index is 3.32. The van der Waals surface area contributed by atoms with Gasteiger partial charge in [0.2, 0.25) is 0 Å². The summed E-state index contributed by atoms with van der Waals surface area (Å²) >= 11 is 0. The first kappa shape index (κ1) is 13.2. The van der Waals surface area contributed by atoms with Crippen LogP contribution in [-0.2, 0) is 0 Å². The van der Waals surface area contributed by atoms with Gasteiger partial charge in [-0.25, -0.2) is 0 Å². The van der Waals surface area contributed by atoms with Crippen LogP contribution in [-0.4, -0.2) is 8.07 Å². The Morgan fingerprint density at radius 1 is 1.20 bits per heavy atom. The van der Waals surface area contributed by atoms with Crippen LogP contribution in [0.15, 0.2) is 5.70 Å². The van der Waals surface area contributed by atoms with E-state index in [-0.39, 0.29) is 18.9 Å². The molecule has 0 fully saturated rings. The van der Waals surface area contributed by atoms with Gasteiger partial charge in [-0.2, -0.15) is 5.92 Å². The average Bonchev–Trinajstić information content (AvgIpc) is 1.59. The zero-order valence-corrected chi connectivity index (χ0v) is 9.15. The van der Waals surface area contributed by atoms with Gasteiger partial charge in [0, 0.05) is 8.07 Å². The molecule has 2 heteroatoms. The van der Waals surface area contributed by atoms with Crippen molar-refractivity contribution < 1.29 is 18.9 Å². The summed E-state index contributed by atoms with van der Waals surface area (Å²) in [5, 5.41) is 0. The maximum absolute atomic E-state index is 3.32. The van der Waals surface area contributed by atoms with Gasteiger partial charge >= 0.3 is 18.9 Å². The summed E-state index contributed by atoms with van der Waals surface area (Å²) in [5.74, 6) is 0.594. The van der Waals surface area contributed by atoms with E-state index in [2.05, 4.69) is 45.3 Å². The van der Waals surface area contributed by atoms with Gasteiger partial charge in [-0.3, -0.25) is 5.70 Å². The Labute approximate surface area is 78.3 Å². The van der Waals surface area contributed by atoms with Crippen molar-refractivity contribution >= 4 is 8.07 Å². The summed E-state index contributed by atoms with van der Waals surface area (Å²) in [7, 11) is -0.956. The Bertz CT molecular complexity index is 100. The standard InChI is InChI=1S/C8H17Si.Li/c1-8(2)6-7-9(3,4)5;/h7-8H,1-5H3;/q-1;+1. The van der Waals surface area contributed by atoms with E-state index in [4.69, 9.17) is 0 Å². The number of rotatable bonds is 2. The SMILES string of the molecule is CC(C)[C-]=C[Si](C)(C)C.[Li+]. The minimum Gasteiger partial charge on any atom is -0.502 e. The van der Waals surface area contributed by atoms with Gasteiger partial charge in [0.15, 0.2) is 0 Å². The molecule has 10 heavy (non-hydrogen) atoms. The van der Waals surface area contributed by atoms with E-state index in [0.717, 1.165) is 0 Å². The van der Waals surface area contributed by atoms with Crippen molar-refractivity contribution in [3.8, 4) is 0 Å². The normalized spacial score (nSPS) is 12.2. The fourth-order valence-corrected chi connectivity index (χ4v) is 1.25. The quantitative estimate of drug-likeness (QED) is 0.378. The van der Waals surface area contributed by atoms with Crippen molar-refractivity contribution in [3.05, 3.63) is 11.8 Å². The topological polar surface area (TPSA) is 0 Å². The van der Waals surface area contributed by atoms with Gasteiger partial charge < -0.3 is 6.08 Å². The Kier molecular flexibility index (Phi) is 6.90. The van der Waals surface area contributed by atoms with Gasteiger partial charge in [0.1, 0.15) is 0 Å². The average molecular weight is 148 g/mol. The monoisotopic (exact) mass is 148 g/mol. The first-order chi connectivity index (χ1) is 3.92. The Hall–Kier alpha value is 0.554. The van der Waals surface area contributed by atoms with Gasteiger partial charge in [-0.05, 0) is 0 Å². The molecule has 0 radical (unpaired) electrons. The van der Waals surface area contributed by atoms with Crippen LogP contribution < -0.4 is 18.9 Å². The predicted molar refractivity (Wildman–Crippen MR) is 46.0 cm³/mol. The van der Waals surface area contributed by atoms with Crippen LogP contribution in [0.3, 0.4) is 0 Å². The molecule has 0 saturated heterocycles. The molecular formula is C8H17LiSi. The van der Waals surface area contributed by atoms with Crippen LogP contribution >= 0.6 is 0 Å². The second kappa shape index (κ2) is 5.24. The molecule has 0 aliphatic rings. The van der Waals surface area contributed by atoms with Crippen molar-refractivity contribution in [2.45, 2.75) is 33.5 Å². The Morgan fingerprint density at radius 3 is 1.70 bits per heavy atom. The zero-order valence-electron chi connectivity index (χ0n) is 8.15. The first-order valence-electron chi connectivity index (χ1n) is 3.52. The smallest absolute Gasteiger partial charge is 0.502 e. The first-order valence-corrected chi connectivity index (χ1v) is 7.10. The summed E-state index contributed by atoms with van der Waals surface area (Å²) in [4.78, 5) is 0. The molecule has 0 N–H and O–H groups in total. The van der Waals surface area contributed by atoms with E-state index < -0.39 is 8.07 Å². The molecule has 0 aliphatic carbocycles. The van der Waals surface area contributed by atoms with Crippen LogP contribution in [0.25, 0.3) is 0 Å². The van der Waals surface area contributed by atoms with Crippen LogP contribution in [0.1, 0.15) is 13.8 Å². The molecule has 0 heterocycles. The van der Waals surface area contributed by atoms with Crippen LogP contribution in [0.4, 0.5) is 0 Å². The third-order valence-corrected chi connectivity index (χ3v) is 1.88. The number of hydrogen-bond donors (Lipinski definition) is 0. The molecule has 0 aromatic heterocycles. The molecule has 0 saturated carbocycles. The molecule has 0 unspecified atom stereocenters. The molecular weight excluding hydrogens is 131 g/mol. The summed E-state index contributed by atoms with van der Waals surface area (Å²) in [6.07, 6.45) is 3.32. The molecule has 0 aromatic rings. The third-order valence-electron chi connectivity index (χ3n) is 0.850. The minimum absolute atomic E-state index is 0. The molecule has 0 aromatic carbocycles.